The Balaban J connectivity index is 2.51. The molecular formula is C7H8ClN5O. The maximum Gasteiger partial charge on any atom is 0.252 e. The topological polar surface area (TPSA) is 89.3 Å². The molecule has 0 bridgehead atoms. The van der Waals surface area contributed by atoms with Crippen molar-refractivity contribution < 1.29 is 5.11 Å². The van der Waals surface area contributed by atoms with Crippen LogP contribution in [0.5, 0.6) is 0 Å². The average Bonchev–Trinajstić information content (AvgIpc) is 2.59. The summed E-state index contributed by atoms with van der Waals surface area (Å²) in [6.45, 7) is 0.0740. The molecule has 0 aliphatic heterocycles. The zero-order valence-electron chi connectivity index (χ0n) is 7.13. The minimum Gasteiger partial charge on any atom is -0.384 e. The summed E-state index contributed by atoms with van der Waals surface area (Å²) in [4.78, 5) is 7.90. The molecule has 14 heavy (non-hydrogen) atoms. The molecule has 0 aliphatic carbocycles. The second-order valence-corrected chi connectivity index (χ2v) is 3.17. The van der Waals surface area contributed by atoms with Gasteiger partial charge in [-0.05, 0) is 0 Å². The van der Waals surface area contributed by atoms with Gasteiger partial charge in [0.05, 0.1) is 17.4 Å². The van der Waals surface area contributed by atoms with Crippen molar-refractivity contribution >= 4 is 17.4 Å². The quantitative estimate of drug-likeness (QED) is 0.719. The van der Waals surface area contributed by atoms with E-state index in [9.17, 15) is 5.11 Å². The van der Waals surface area contributed by atoms with Gasteiger partial charge in [-0.1, -0.05) is 11.6 Å². The lowest BCUT2D eigenvalue weighted by atomic mass is 10.3. The summed E-state index contributed by atoms with van der Waals surface area (Å²) in [7, 11) is 0. The summed E-state index contributed by atoms with van der Waals surface area (Å²) in [5, 5.41) is 13.8. The number of rotatable bonds is 2. The van der Waals surface area contributed by atoms with Crippen LogP contribution in [-0.4, -0.2) is 31.2 Å². The third kappa shape index (κ3) is 1.54. The third-order valence-electron chi connectivity index (χ3n) is 1.70. The van der Waals surface area contributed by atoms with Crippen molar-refractivity contribution in [3.05, 3.63) is 23.2 Å². The van der Waals surface area contributed by atoms with Gasteiger partial charge in [0.1, 0.15) is 6.10 Å². The lowest BCUT2D eigenvalue weighted by Crippen LogP contribution is -2.13. The van der Waals surface area contributed by atoms with Gasteiger partial charge in [0.2, 0.25) is 0 Å². The molecule has 0 aromatic carbocycles. The van der Waals surface area contributed by atoms with Gasteiger partial charge >= 0.3 is 0 Å². The van der Waals surface area contributed by atoms with E-state index >= 15 is 0 Å². The first-order chi connectivity index (χ1) is 6.70. The van der Waals surface area contributed by atoms with E-state index in [-0.39, 0.29) is 12.4 Å². The van der Waals surface area contributed by atoms with E-state index < -0.39 is 6.10 Å². The monoisotopic (exact) mass is 213 g/mol. The SMILES string of the molecule is NCC(O)c1nc2ncc(Cl)cn2n1. The van der Waals surface area contributed by atoms with Gasteiger partial charge in [-0.3, -0.25) is 0 Å². The Hall–Kier alpha value is -1.24. The van der Waals surface area contributed by atoms with E-state index in [1.807, 2.05) is 0 Å². The van der Waals surface area contributed by atoms with Gasteiger partial charge < -0.3 is 10.8 Å². The Kier molecular flexibility index (Phi) is 2.32. The second kappa shape index (κ2) is 3.49. The molecule has 74 valence electrons. The fourth-order valence-corrected chi connectivity index (χ4v) is 1.16. The summed E-state index contributed by atoms with van der Waals surface area (Å²) in [5.74, 6) is 0.638. The van der Waals surface area contributed by atoms with Crippen molar-refractivity contribution in [1.29, 1.82) is 0 Å². The Morgan fingerprint density at radius 3 is 3.14 bits per heavy atom. The molecular weight excluding hydrogens is 206 g/mol. The van der Waals surface area contributed by atoms with Crippen molar-refractivity contribution in [1.82, 2.24) is 19.6 Å². The predicted octanol–water partition coefficient (Wildman–Crippen LogP) is -0.230. The second-order valence-electron chi connectivity index (χ2n) is 2.74. The number of hydrogen-bond acceptors (Lipinski definition) is 5. The van der Waals surface area contributed by atoms with Gasteiger partial charge in [0.15, 0.2) is 5.82 Å². The van der Waals surface area contributed by atoms with Gasteiger partial charge in [0.25, 0.3) is 5.78 Å². The number of nitrogens with zero attached hydrogens (tertiary/aromatic N) is 4. The van der Waals surface area contributed by atoms with E-state index in [0.29, 0.717) is 10.8 Å². The van der Waals surface area contributed by atoms with E-state index in [0.717, 1.165) is 0 Å². The van der Waals surface area contributed by atoms with Crippen LogP contribution in [0.2, 0.25) is 5.02 Å². The maximum atomic E-state index is 9.38. The molecule has 0 amide bonds. The van der Waals surface area contributed by atoms with Crippen molar-refractivity contribution in [3.63, 3.8) is 0 Å². The molecule has 2 aromatic rings. The molecule has 0 saturated heterocycles. The van der Waals surface area contributed by atoms with Gasteiger partial charge in [-0.15, -0.1) is 5.10 Å². The highest BCUT2D eigenvalue weighted by Gasteiger charge is 2.12. The third-order valence-corrected chi connectivity index (χ3v) is 1.90. The van der Waals surface area contributed by atoms with Gasteiger partial charge in [0, 0.05) is 6.54 Å². The normalized spacial score (nSPS) is 13.4. The zero-order chi connectivity index (χ0) is 10.1. The van der Waals surface area contributed by atoms with E-state index in [2.05, 4.69) is 15.1 Å². The highest BCUT2D eigenvalue weighted by atomic mass is 35.5. The summed E-state index contributed by atoms with van der Waals surface area (Å²) in [6.07, 6.45) is 2.16. The van der Waals surface area contributed by atoms with Crippen molar-refractivity contribution in [2.75, 3.05) is 6.54 Å². The molecule has 2 aromatic heterocycles. The van der Waals surface area contributed by atoms with Crippen molar-refractivity contribution in [2.24, 2.45) is 5.73 Å². The van der Waals surface area contributed by atoms with Gasteiger partial charge in [-0.25, -0.2) is 9.50 Å². The molecule has 0 radical (unpaired) electrons. The zero-order valence-corrected chi connectivity index (χ0v) is 7.89. The van der Waals surface area contributed by atoms with Crippen LogP contribution in [0.25, 0.3) is 5.78 Å². The Labute approximate surface area is 84.3 Å². The number of nitrogens with two attached hydrogens (primary N) is 1. The summed E-state index contributed by atoms with van der Waals surface area (Å²) in [6, 6.07) is 0. The number of aromatic nitrogens is 4. The molecule has 0 aliphatic rings. The summed E-state index contributed by atoms with van der Waals surface area (Å²) >= 11 is 5.70. The molecule has 1 atom stereocenters. The smallest absolute Gasteiger partial charge is 0.252 e. The van der Waals surface area contributed by atoms with Crippen LogP contribution in [0.3, 0.4) is 0 Å². The minimum atomic E-state index is -0.865. The summed E-state index contributed by atoms with van der Waals surface area (Å²) in [5.41, 5.74) is 5.27. The predicted molar refractivity (Wildman–Crippen MR) is 49.8 cm³/mol. The average molecular weight is 214 g/mol. The number of halogens is 1. The Bertz CT molecular complexity index is 456. The lowest BCUT2D eigenvalue weighted by Gasteiger charge is -1.98. The van der Waals surface area contributed by atoms with Crippen LogP contribution in [0.15, 0.2) is 12.4 Å². The number of fused-ring (bicyclic) bond motifs is 1. The summed E-state index contributed by atoms with van der Waals surface area (Å²) < 4.78 is 1.40. The molecule has 7 heteroatoms. The first kappa shape index (κ1) is 9.32. The first-order valence-corrected chi connectivity index (χ1v) is 4.34. The van der Waals surface area contributed by atoms with Crippen LogP contribution in [0.1, 0.15) is 11.9 Å². The highest BCUT2D eigenvalue weighted by molar-refractivity contribution is 6.30. The van der Waals surface area contributed by atoms with Crippen LogP contribution in [0.4, 0.5) is 0 Å². The lowest BCUT2D eigenvalue weighted by molar-refractivity contribution is 0.177. The van der Waals surface area contributed by atoms with E-state index in [4.69, 9.17) is 17.3 Å². The van der Waals surface area contributed by atoms with Crippen LogP contribution < -0.4 is 5.73 Å². The Morgan fingerprint density at radius 2 is 2.43 bits per heavy atom. The Morgan fingerprint density at radius 1 is 1.64 bits per heavy atom. The molecule has 0 fully saturated rings. The van der Waals surface area contributed by atoms with Gasteiger partial charge in [-0.2, -0.15) is 4.98 Å². The van der Waals surface area contributed by atoms with Crippen LogP contribution >= 0.6 is 11.6 Å². The van der Waals surface area contributed by atoms with Crippen LogP contribution in [0, 0.1) is 0 Å². The highest BCUT2D eigenvalue weighted by Crippen LogP contribution is 2.10. The van der Waals surface area contributed by atoms with Crippen molar-refractivity contribution in [2.45, 2.75) is 6.10 Å². The number of aliphatic hydroxyl groups is 1. The first-order valence-electron chi connectivity index (χ1n) is 3.96. The molecule has 2 heterocycles. The molecule has 6 nitrogen and oxygen atoms in total. The molecule has 2 rings (SSSR count). The molecule has 3 N–H and O–H groups in total. The number of hydrogen-bond donors (Lipinski definition) is 2. The van der Waals surface area contributed by atoms with Crippen LogP contribution in [-0.2, 0) is 0 Å². The molecule has 0 spiro atoms. The van der Waals surface area contributed by atoms with E-state index in [1.54, 1.807) is 6.20 Å². The molecule has 0 saturated carbocycles. The largest absolute Gasteiger partial charge is 0.384 e. The fraction of sp³-hybridized carbons (Fsp3) is 0.286. The fourth-order valence-electron chi connectivity index (χ4n) is 1.02. The molecule has 1 unspecified atom stereocenters. The maximum absolute atomic E-state index is 9.38. The van der Waals surface area contributed by atoms with E-state index in [1.165, 1.54) is 10.7 Å². The number of aliphatic hydroxyl groups excluding tert-OH is 1. The minimum absolute atomic E-state index is 0.0740. The van der Waals surface area contributed by atoms with Crippen molar-refractivity contribution in [3.8, 4) is 0 Å². The standard InChI is InChI=1S/C7H8ClN5O/c8-4-2-10-7-11-6(5(14)1-9)12-13(7)3-4/h2-3,5,14H,1,9H2.